The van der Waals surface area contributed by atoms with E-state index in [0.717, 1.165) is 32.5 Å². The van der Waals surface area contributed by atoms with Crippen LogP contribution >= 0.6 is 0 Å². The van der Waals surface area contributed by atoms with Crippen molar-refractivity contribution in [3.8, 4) is 0 Å². The van der Waals surface area contributed by atoms with Crippen LogP contribution in [0.4, 0.5) is 0 Å². The summed E-state index contributed by atoms with van der Waals surface area (Å²) in [5.41, 5.74) is 4.21. The third kappa shape index (κ3) is 1.40. The predicted octanol–water partition coefficient (Wildman–Crippen LogP) is 2.10. The van der Waals surface area contributed by atoms with E-state index in [0.29, 0.717) is 0 Å². The molecule has 0 amide bonds. The van der Waals surface area contributed by atoms with Crippen molar-refractivity contribution in [2.45, 2.75) is 32.0 Å². The number of hydrogen-bond acceptors (Lipinski definition) is 2. The molecule has 0 radical (unpaired) electrons. The van der Waals surface area contributed by atoms with Crippen molar-refractivity contribution >= 4 is 0 Å². The number of benzene rings is 1. The van der Waals surface area contributed by atoms with Crippen LogP contribution in [0.1, 0.15) is 29.5 Å². The number of rotatable bonds is 0. The van der Waals surface area contributed by atoms with Crippen LogP contribution in [-0.4, -0.2) is 13.1 Å². The SMILES string of the molecule is Cc1ccc2c(c1)COC21CCNCC1. The first-order chi connectivity index (χ1) is 7.30. The average molecular weight is 203 g/mol. The third-order valence-corrected chi connectivity index (χ3v) is 3.67. The quantitative estimate of drug-likeness (QED) is 0.697. The molecule has 80 valence electrons. The Bertz CT molecular complexity index is 380. The van der Waals surface area contributed by atoms with Crippen molar-refractivity contribution in [1.29, 1.82) is 0 Å². The number of aryl methyl sites for hydroxylation is 1. The molecule has 1 fully saturated rings. The van der Waals surface area contributed by atoms with Gasteiger partial charge in [0.2, 0.25) is 0 Å². The van der Waals surface area contributed by atoms with E-state index < -0.39 is 0 Å². The Morgan fingerprint density at radius 1 is 1.27 bits per heavy atom. The van der Waals surface area contributed by atoms with Crippen molar-refractivity contribution in [2.75, 3.05) is 13.1 Å². The van der Waals surface area contributed by atoms with Gasteiger partial charge in [0, 0.05) is 0 Å². The molecule has 0 unspecified atom stereocenters. The van der Waals surface area contributed by atoms with Gasteiger partial charge in [-0.05, 0) is 44.0 Å². The van der Waals surface area contributed by atoms with E-state index >= 15 is 0 Å². The fourth-order valence-electron chi connectivity index (χ4n) is 2.82. The summed E-state index contributed by atoms with van der Waals surface area (Å²) in [6, 6.07) is 6.74. The summed E-state index contributed by atoms with van der Waals surface area (Å²) >= 11 is 0. The minimum atomic E-state index is 0.0360. The van der Waals surface area contributed by atoms with Crippen molar-refractivity contribution in [1.82, 2.24) is 5.32 Å². The molecule has 0 aromatic heterocycles. The Hall–Kier alpha value is -0.860. The molecular formula is C13H17NO. The number of hydrogen-bond donors (Lipinski definition) is 1. The van der Waals surface area contributed by atoms with Crippen molar-refractivity contribution < 1.29 is 4.74 Å². The van der Waals surface area contributed by atoms with E-state index in [-0.39, 0.29) is 5.60 Å². The molecule has 0 aliphatic carbocycles. The molecule has 1 aromatic carbocycles. The highest BCUT2D eigenvalue weighted by Gasteiger charge is 2.40. The van der Waals surface area contributed by atoms with Crippen molar-refractivity contribution in [3.05, 3.63) is 34.9 Å². The molecule has 2 nitrogen and oxygen atoms in total. The van der Waals surface area contributed by atoms with Crippen LogP contribution < -0.4 is 5.32 Å². The maximum Gasteiger partial charge on any atom is 0.0963 e. The summed E-state index contributed by atoms with van der Waals surface area (Å²) in [5.74, 6) is 0. The van der Waals surface area contributed by atoms with Gasteiger partial charge in [0.25, 0.3) is 0 Å². The lowest BCUT2D eigenvalue weighted by Gasteiger charge is -2.34. The zero-order valence-corrected chi connectivity index (χ0v) is 9.18. The molecule has 1 saturated heterocycles. The molecule has 2 heterocycles. The first kappa shape index (κ1) is 9.37. The lowest BCUT2D eigenvalue weighted by molar-refractivity contribution is -0.0590. The second-order valence-electron chi connectivity index (χ2n) is 4.69. The zero-order chi connectivity index (χ0) is 10.3. The molecule has 15 heavy (non-hydrogen) atoms. The average Bonchev–Trinajstić information content (AvgIpc) is 2.58. The highest BCUT2D eigenvalue weighted by Crippen LogP contribution is 2.42. The van der Waals surface area contributed by atoms with Gasteiger partial charge in [0.1, 0.15) is 0 Å². The van der Waals surface area contributed by atoms with Gasteiger partial charge < -0.3 is 10.1 Å². The van der Waals surface area contributed by atoms with Gasteiger partial charge in [-0.3, -0.25) is 0 Å². The van der Waals surface area contributed by atoms with E-state index in [9.17, 15) is 0 Å². The van der Waals surface area contributed by atoms with Crippen LogP contribution in [-0.2, 0) is 16.9 Å². The van der Waals surface area contributed by atoms with Crippen molar-refractivity contribution in [2.24, 2.45) is 0 Å². The van der Waals surface area contributed by atoms with Gasteiger partial charge in [-0.1, -0.05) is 23.8 Å². The van der Waals surface area contributed by atoms with E-state index in [1.54, 1.807) is 0 Å². The monoisotopic (exact) mass is 203 g/mol. The normalized spacial score (nSPS) is 23.0. The Labute approximate surface area is 90.6 Å². The second-order valence-corrected chi connectivity index (χ2v) is 4.69. The number of nitrogens with one attached hydrogen (secondary N) is 1. The Morgan fingerprint density at radius 3 is 2.87 bits per heavy atom. The highest BCUT2D eigenvalue weighted by molar-refractivity contribution is 5.38. The van der Waals surface area contributed by atoms with Crippen LogP contribution in [0.15, 0.2) is 18.2 Å². The molecule has 0 bridgehead atoms. The molecular weight excluding hydrogens is 186 g/mol. The minimum absolute atomic E-state index is 0.0360. The minimum Gasteiger partial charge on any atom is -0.365 e. The summed E-state index contributed by atoms with van der Waals surface area (Å²) < 4.78 is 6.07. The Kier molecular flexibility index (Phi) is 2.08. The molecule has 1 spiro atoms. The first-order valence-corrected chi connectivity index (χ1v) is 5.75. The van der Waals surface area contributed by atoms with Gasteiger partial charge in [0.05, 0.1) is 12.2 Å². The third-order valence-electron chi connectivity index (χ3n) is 3.67. The van der Waals surface area contributed by atoms with Crippen molar-refractivity contribution in [3.63, 3.8) is 0 Å². The van der Waals surface area contributed by atoms with E-state index in [1.807, 2.05) is 0 Å². The van der Waals surface area contributed by atoms with Crippen LogP contribution in [0.5, 0.6) is 0 Å². The van der Waals surface area contributed by atoms with Gasteiger partial charge in [-0.25, -0.2) is 0 Å². The van der Waals surface area contributed by atoms with Crippen LogP contribution in [0.25, 0.3) is 0 Å². The molecule has 3 rings (SSSR count). The molecule has 0 atom stereocenters. The first-order valence-electron chi connectivity index (χ1n) is 5.75. The van der Waals surface area contributed by atoms with Gasteiger partial charge in [-0.2, -0.15) is 0 Å². The number of fused-ring (bicyclic) bond motifs is 2. The molecule has 2 heteroatoms. The molecule has 0 saturated carbocycles. The maximum absolute atomic E-state index is 6.07. The summed E-state index contributed by atoms with van der Waals surface area (Å²) in [5, 5.41) is 3.40. The molecule has 2 aliphatic rings. The van der Waals surface area contributed by atoms with Gasteiger partial charge in [-0.15, -0.1) is 0 Å². The fourth-order valence-corrected chi connectivity index (χ4v) is 2.82. The van der Waals surface area contributed by atoms with Gasteiger partial charge in [0.15, 0.2) is 0 Å². The lowest BCUT2D eigenvalue weighted by Crippen LogP contribution is -2.39. The van der Waals surface area contributed by atoms with E-state index in [4.69, 9.17) is 4.74 Å². The second kappa shape index (κ2) is 3.32. The standard InChI is InChI=1S/C13H17NO/c1-10-2-3-12-11(8-10)9-15-13(12)4-6-14-7-5-13/h2-3,8,14H,4-7,9H2,1H3. The highest BCUT2D eigenvalue weighted by atomic mass is 16.5. The zero-order valence-electron chi connectivity index (χ0n) is 9.18. The molecule has 1 N–H and O–H groups in total. The molecule has 1 aromatic rings. The smallest absolute Gasteiger partial charge is 0.0963 e. The van der Waals surface area contributed by atoms with Crippen LogP contribution in [0.3, 0.4) is 0 Å². The Balaban J connectivity index is 2.03. The summed E-state index contributed by atoms with van der Waals surface area (Å²) in [6.07, 6.45) is 2.23. The largest absolute Gasteiger partial charge is 0.365 e. The van der Waals surface area contributed by atoms with E-state index in [1.165, 1.54) is 16.7 Å². The predicted molar refractivity (Wildman–Crippen MR) is 59.7 cm³/mol. The topological polar surface area (TPSA) is 21.3 Å². The summed E-state index contributed by atoms with van der Waals surface area (Å²) in [4.78, 5) is 0. The maximum atomic E-state index is 6.07. The fraction of sp³-hybridized carbons (Fsp3) is 0.538. The number of piperidine rings is 1. The lowest BCUT2D eigenvalue weighted by atomic mass is 9.84. The Morgan fingerprint density at radius 2 is 2.07 bits per heavy atom. The summed E-state index contributed by atoms with van der Waals surface area (Å²) in [6.45, 7) is 5.10. The van der Waals surface area contributed by atoms with Gasteiger partial charge >= 0.3 is 0 Å². The van der Waals surface area contributed by atoms with Crippen LogP contribution in [0.2, 0.25) is 0 Å². The van der Waals surface area contributed by atoms with E-state index in [2.05, 4.69) is 30.4 Å². The summed E-state index contributed by atoms with van der Waals surface area (Å²) in [7, 11) is 0. The van der Waals surface area contributed by atoms with Crippen LogP contribution in [0, 0.1) is 6.92 Å². The molecule has 2 aliphatic heterocycles. The number of ether oxygens (including phenoxy) is 1.